The van der Waals surface area contributed by atoms with Crippen molar-refractivity contribution in [3.63, 3.8) is 0 Å². The van der Waals surface area contributed by atoms with Crippen molar-refractivity contribution in [3.8, 4) is 0 Å². The van der Waals surface area contributed by atoms with Crippen molar-refractivity contribution in [1.82, 2.24) is 4.90 Å². The van der Waals surface area contributed by atoms with Crippen LogP contribution in [0.25, 0.3) is 0 Å². The number of nitrogens with zero attached hydrogens (tertiary/aromatic N) is 1. The summed E-state index contributed by atoms with van der Waals surface area (Å²) in [4.78, 5) is 32.9. The summed E-state index contributed by atoms with van der Waals surface area (Å²) in [7, 11) is 0. The van der Waals surface area contributed by atoms with Crippen molar-refractivity contribution in [2.45, 2.75) is 13.0 Å². The van der Waals surface area contributed by atoms with Crippen LogP contribution in [0.2, 0.25) is 0 Å². The Hall–Kier alpha value is -1.04. The van der Waals surface area contributed by atoms with Crippen molar-refractivity contribution < 1.29 is 19.5 Å². The van der Waals surface area contributed by atoms with Gasteiger partial charge in [-0.25, -0.2) is 0 Å². The second-order valence-electron chi connectivity index (χ2n) is 2.31. The fraction of sp³-hybridized carbons (Fsp3) is 0.500. The lowest BCUT2D eigenvalue weighted by atomic mass is 10.3. The molecule has 0 spiro atoms. The predicted octanol–water partition coefficient (Wildman–Crippen LogP) is -1.18. The molecule has 0 aromatic rings. The number of hydrogen-bond donors (Lipinski definition) is 0. The molecule has 2 amide bonds. The van der Waals surface area contributed by atoms with Gasteiger partial charge in [0.1, 0.15) is 0 Å². The Morgan fingerprint density at radius 2 is 2.25 bits per heavy atom. The molecular formula is C6H6NO4S-. The quantitative estimate of drug-likeness (QED) is 0.545. The number of carboxylic acids is 1. The SMILES string of the molecule is C[C@H](C(=O)[O-])N1C(=O)CSC1=O. The molecule has 0 saturated carbocycles. The molecule has 1 atom stereocenters. The van der Waals surface area contributed by atoms with E-state index in [4.69, 9.17) is 0 Å². The first-order valence-electron chi connectivity index (χ1n) is 3.23. The Morgan fingerprint density at radius 1 is 1.67 bits per heavy atom. The topological polar surface area (TPSA) is 77.5 Å². The average Bonchev–Trinajstić information content (AvgIpc) is 2.30. The summed E-state index contributed by atoms with van der Waals surface area (Å²) in [5.41, 5.74) is 0. The van der Waals surface area contributed by atoms with Gasteiger partial charge in [-0.2, -0.15) is 0 Å². The van der Waals surface area contributed by atoms with Gasteiger partial charge in [0.05, 0.1) is 17.8 Å². The van der Waals surface area contributed by atoms with E-state index in [9.17, 15) is 19.5 Å². The van der Waals surface area contributed by atoms with Crippen LogP contribution in [0.1, 0.15) is 6.92 Å². The van der Waals surface area contributed by atoms with Gasteiger partial charge >= 0.3 is 0 Å². The fourth-order valence-electron chi connectivity index (χ4n) is 0.844. The summed E-state index contributed by atoms with van der Waals surface area (Å²) in [6.45, 7) is 1.25. The molecule has 1 rings (SSSR count). The number of carbonyl (C=O) groups excluding carboxylic acids is 3. The minimum Gasteiger partial charge on any atom is -0.548 e. The number of aliphatic carboxylic acids is 1. The standard InChI is InChI=1S/C6H7NO4S/c1-3(5(9)10)7-4(8)2-12-6(7)11/h3H,2H2,1H3,(H,9,10)/p-1/t3-/m1/s1. The van der Waals surface area contributed by atoms with Gasteiger partial charge in [-0.15, -0.1) is 0 Å². The second-order valence-corrected chi connectivity index (χ2v) is 3.24. The number of thioether (sulfide) groups is 1. The molecule has 0 aromatic heterocycles. The summed E-state index contributed by atoms with van der Waals surface area (Å²) in [5, 5.41) is 9.79. The van der Waals surface area contributed by atoms with Gasteiger partial charge in [-0.1, -0.05) is 11.8 Å². The first-order valence-corrected chi connectivity index (χ1v) is 4.22. The van der Waals surface area contributed by atoms with Crippen LogP contribution in [-0.2, 0) is 9.59 Å². The lowest BCUT2D eigenvalue weighted by Gasteiger charge is -2.21. The molecule has 1 fully saturated rings. The van der Waals surface area contributed by atoms with Crippen LogP contribution in [0.5, 0.6) is 0 Å². The highest BCUT2D eigenvalue weighted by atomic mass is 32.2. The molecule has 0 aromatic carbocycles. The van der Waals surface area contributed by atoms with E-state index in [1.807, 2.05) is 0 Å². The maximum absolute atomic E-state index is 10.9. The van der Waals surface area contributed by atoms with Gasteiger partial charge in [0, 0.05) is 0 Å². The first-order chi connectivity index (χ1) is 5.54. The highest BCUT2D eigenvalue weighted by Gasteiger charge is 2.34. The third-order valence-corrected chi connectivity index (χ3v) is 2.35. The fourth-order valence-corrected chi connectivity index (χ4v) is 1.63. The summed E-state index contributed by atoms with van der Waals surface area (Å²) in [6.07, 6.45) is 0. The van der Waals surface area contributed by atoms with E-state index >= 15 is 0 Å². The van der Waals surface area contributed by atoms with Crippen LogP contribution in [0.3, 0.4) is 0 Å². The second kappa shape index (κ2) is 3.14. The van der Waals surface area contributed by atoms with Crippen molar-refractivity contribution in [2.75, 3.05) is 5.75 Å². The van der Waals surface area contributed by atoms with Crippen LogP contribution in [-0.4, -0.2) is 33.8 Å². The largest absolute Gasteiger partial charge is 0.548 e. The van der Waals surface area contributed by atoms with Crippen molar-refractivity contribution in [1.29, 1.82) is 0 Å². The van der Waals surface area contributed by atoms with Gasteiger partial charge in [0.25, 0.3) is 5.24 Å². The molecule has 12 heavy (non-hydrogen) atoms. The zero-order valence-electron chi connectivity index (χ0n) is 6.27. The first kappa shape index (κ1) is 9.05. The zero-order chi connectivity index (χ0) is 9.30. The van der Waals surface area contributed by atoms with Gasteiger partial charge in [0.2, 0.25) is 5.91 Å². The number of hydrogen-bond acceptors (Lipinski definition) is 5. The summed E-state index contributed by atoms with van der Waals surface area (Å²) < 4.78 is 0. The van der Waals surface area contributed by atoms with E-state index in [-0.39, 0.29) is 5.75 Å². The Bertz CT molecular complexity index is 236. The van der Waals surface area contributed by atoms with Crippen molar-refractivity contribution in [3.05, 3.63) is 0 Å². The monoisotopic (exact) mass is 188 g/mol. The van der Waals surface area contributed by atoms with Crippen LogP contribution in [0.4, 0.5) is 4.79 Å². The van der Waals surface area contributed by atoms with Gasteiger partial charge in [-0.05, 0) is 6.92 Å². The summed E-state index contributed by atoms with van der Waals surface area (Å²) in [5.74, 6) is -1.86. The molecular weight excluding hydrogens is 182 g/mol. The van der Waals surface area contributed by atoms with E-state index in [0.717, 1.165) is 11.8 Å². The minimum atomic E-state index is -1.42. The molecule has 0 aliphatic carbocycles. The van der Waals surface area contributed by atoms with Gasteiger partial charge in [0.15, 0.2) is 0 Å². The maximum atomic E-state index is 10.9. The lowest BCUT2D eigenvalue weighted by Crippen LogP contribution is -2.48. The average molecular weight is 188 g/mol. The third kappa shape index (κ3) is 1.42. The Morgan fingerprint density at radius 3 is 2.58 bits per heavy atom. The highest BCUT2D eigenvalue weighted by Crippen LogP contribution is 2.20. The third-order valence-electron chi connectivity index (χ3n) is 1.51. The number of imide groups is 1. The lowest BCUT2D eigenvalue weighted by molar-refractivity contribution is -0.309. The van der Waals surface area contributed by atoms with Gasteiger partial charge in [-0.3, -0.25) is 14.5 Å². The van der Waals surface area contributed by atoms with Crippen molar-refractivity contribution in [2.24, 2.45) is 0 Å². The number of carbonyl (C=O) groups is 3. The van der Waals surface area contributed by atoms with E-state index < -0.39 is 23.2 Å². The smallest absolute Gasteiger partial charge is 0.289 e. The molecule has 6 heteroatoms. The highest BCUT2D eigenvalue weighted by molar-refractivity contribution is 8.14. The Kier molecular flexibility index (Phi) is 2.37. The van der Waals surface area contributed by atoms with E-state index in [2.05, 4.69) is 0 Å². The number of carboxylic acid groups (broad SMARTS) is 1. The molecule has 5 nitrogen and oxygen atoms in total. The molecule has 0 bridgehead atoms. The molecule has 1 aliphatic heterocycles. The van der Waals surface area contributed by atoms with Crippen LogP contribution in [0, 0.1) is 0 Å². The minimum absolute atomic E-state index is 0.0243. The summed E-state index contributed by atoms with van der Waals surface area (Å²) in [6, 6.07) is -1.17. The zero-order valence-corrected chi connectivity index (χ0v) is 7.09. The Labute approximate surface area is 72.7 Å². The molecule has 0 radical (unpaired) electrons. The Balaban J connectivity index is 2.79. The molecule has 0 unspecified atom stereocenters. The molecule has 1 heterocycles. The van der Waals surface area contributed by atoms with Crippen molar-refractivity contribution >= 4 is 28.9 Å². The molecule has 66 valence electrons. The predicted molar refractivity (Wildman–Crippen MR) is 39.2 cm³/mol. The maximum Gasteiger partial charge on any atom is 0.289 e. The number of rotatable bonds is 2. The normalized spacial score (nSPS) is 19.9. The van der Waals surface area contributed by atoms with Crippen LogP contribution in [0.15, 0.2) is 0 Å². The van der Waals surface area contributed by atoms with Crippen LogP contribution < -0.4 is 5.11 Å². The number of amides is 2. The van der Waals surface area contributed by atoms with E-state index in [1.54, 1.807) is 0 Å². The van der Waals surface area contributed by atoms with Crippen LogP contribution >= 0.6 is 11.8 Å². The molecule has 1 aliphatic rings. The molecule has 0 N–H and O–H groups in total. The van der Waals surface area contributed by atoms with E-state index in [0.29, 0.717) is 4.90 Å². The summed E-state index contributed by atoms with van der Waals surface area (Å²) >= 11 is 0.806. The van der Waals surface area contributed by atoms with Gasteiger partial charge < -0.3 is 9.90 Å². The molecule has 1 saturated heterocycles. The van der Waals surface area contributed by atoms with E-state index in [1.165, 1.54) is 6.92 Å².